The minimum atomic E-state index is 1.23. The molecule has 0 heteroatoms. The molecule has 0 nitrogen and oxygen atoms in total. The highest BCUT2D eigenvalue weighted by molar-refractivity contribution is 6.21. The van der Waals surface area contributed by atoms with Gasteiger partial charge in [-0.3, -0.25) is 0 Å². The van der Waals surface area contributed by atoms with Crippen molar-refractivity contribution in [2.45, 2.75) is 6.92 Å². The molecule has 0 heterocycles. The zero-order chi connectivity index (χ0) is 28.8. The van der Waals surface area contributed by atoms with E-state index in [1.165, 1.54) is 82.4 Å². The van der Waals surface area contributed by atoms with Gasteiger partial charge in [-0.05, 0) is 102 Å². The van der Waals surface area contributed by atoms with Gasteiger partial charge >= 0.3 is 0 Å². The lowest BCUT2D eigenvalue weighted by Crippen LogP contribution is -1.91. The maximum Gasteiger partial charge on any atom is -0.00262 e. The van der Waals surface area contributed by atoms with Gasteiger partial charge in [0.2, 0.25) is 0 Å². The van der Waals surface area contributed by atoms with Crippen LogP contribution < -0.4 is 0 Å². The van der Waals surface area contributed by atoms with E-state index in [1.54, 1.807) is 0 Å². The number of fused-ring (bicyclic) bond motifs is 3. The van der Waals surface area contributed by atoms with Crippen molar-refractivity contribution in [3.8, 4) is 44.5 Å². The highest BCUT2D eigenvalue weighted by Gasteiger charge is 2.16. The van der Waals surface area contributed by atoms with Crippen molar-refractivity contribution in [2.75, 3.05) is 0 Å². The minimum Gasteiger partial charge on any atom is -0.0622 e. The van der Waals surface area contributed by atoms with Gasteiger partial charge < -0.3 is 0 Å². The van der Waals surface area contributed by atoms with E-state index in [0.717, 1.165) is 0 Å². The molecule has 0 aliphatic carbocycles. The van der Waals surface area contributed by atoms with Crippen molar-refractivity contribution < 1.29 is 0 Å². The van der Waals surface area contributed by atoms with Gasteiger partial charge in [0, 0.05) is 0 Å². The average molecular weight is 547 g/mol. The first kappa shape index (κ1) is 25.3. The quantitative estimate of drug-likeness (QED) is 0.193. The smallest absolute Gasteiger partial charge is 0.00262 e. The van der Waals surface area contributed by atoms with Gasteiger partial charge in [-0.1, -0.05) is 151 Å². The third-order valence-corrected chi connectivity index (χ3v) is 8.67. The molecule has 0 saturated carbocycles. The van der Waals surface area contributed by atoms with Crippen molar-refractivity contribution in [2.24, 2.45) is 0 Å². The van der Waals surface area contributed by atoms with E-state index >= 15 is 0 Å². The Morgan fingerprint density at radius 1 is 0.279 bits per heavy atom. The summed E-state index contributed by atoms with van der Waals surface area (Å²) >= 11 is 0. The third kappa shape index (κ3) is 4.49. The molecule has 0 N–H and O–H groups in total. The molecule has 8 aromatic carbocycles. The molecule has 0 aliphatic rings. The molecule has 202 valence electrons. The SMILES string of the molecule is Cc1cccc(-c2c3ccccc3c(-c3ccc4cc(-c5cccc(-c6ccccc6)c5)ccc4c3)c3ccccc23)c1. The van der Waals surface area contributed by atoms with Gasteiger partial charge in [0.25, 0.3) is 0 Å². The summed E-state index contributed by atoms with van der Waals surface area (Å²) < 4.78 is 0. The molecular weight excluding hydrogens is 516 g/mol. The Bertz CT molecular complexity index is 2230. The van der Waals surface area contributed by atoms with Crippen LogP contribution in [0.4, 0.5) is 0 Å². The van der Waals surface area contributed by atoms with Crippen LogP contribution in [-0.2, 0) is 0 Å². The topological polar surface area (TPSA) is 0 Å². The van der Waals surface area contributed by atoms with Gasteiger partial charge in [0.1, 0.15) is 0 Å². The zero-order valence-corrected chi connectivity index (χ0v) is 24.1. The van der Waals surface area contributed by atoms with Crippen LogP contribution in [0, 0.1) is 6.92 Å². The molecule has 0 aliphatic heterocycles. The van der Waals surface area contributed by atoms with E-state index in [4.69, 9.17) is 0 Å². The number of aryl methyl sites for hydroxylation is 1. The fourth-order valence-corrected chi connectivity index (χ4v) is 6.64. The maximum absolute atomic E-state index is 2.36. The van der Waals surface area contributed by atoms with Gasteiger partial charge in [0.15, 0.2) is 0 Å². The van der Waals surface area contributed by atoms with Gasteiger partial charge in [0.05, 0.1) is 0 Å². The largest absolute Gasteiger partial charge is 0.0622 e. The van der Waals surface area contributed by atoms with E-state index in [0.29, 0.717) is 0 Å². The Labute approximate surface area is 252 Å². The highest BCUT2D eigenvalue weighted by atomic mass is 14.2. The molecular formula is C43H30. The highest BCUT2D eigenvalue weighted by Crippen LogP contribution is 2.44. The van der Waals surface area contributed by atoms with Crippen molar-refractivity contribution in [1.82, 2.24) is 0 Å². The third-order valence-electron chi connectivity index (χ3n) is 8.67. The number of benzene rings is 8. The first-order valence-electron chi connectivity index (χ1n) is 14.9. The molecule has 0 amide bonds. The number of hydrogen-bond donors (Lipinski definition) is 0. The molecule has 8 rings (SSSR count). The molecule has 0 aromatic heterocycles. The van der Waals surface area contributed by atoms with E-state index < -0.39 is 0 Å². The number of rotatable bonds is 4. The summed E-state index contributed by atoms with van der Waals surface area (Å²) in [4.78, 5) is 0. The summed E-state index contributed by atoms with van der Waals surface area (Å²) in [5, 5.41) is 7.64. The van der Waals surface area contributed by atoms with Crippen LogP contribution in [0.25, 0.3) is 76.8 Å². The van der Waals surface area contributed by atoms with Crippen LogP contribution >= 0.6 is 0 Å². The molecule has 0 radical (unpaired) electrons. The average Bonchev–Trinajstić information content (AvgIpc) is 3.07. The fraction of sp³-hybridized carbons (Fsp3) is 0.0233. The summed E-state index contributed by atoms with van der Waals surface area (Å²) in [5.41, 5.74) is 11.3. The Hall–Kier alpha value is -5.46. The first-order chi connectivity index (χ1) is 21.2. The molecule has 0 saturated heterocycles. The summed E-state index contributed by atoms with van der Waals surface area (Å²) in [6, 6.07) is 59.9. The monoisotopic (exact) mass is 546 g/mol. The zero-order valence-electron chi connectivity index (χ0n) is 24.1. The van der Waals surface area contributed by atoms with Gasteiger partial charge in [-0.2, -0.15) is 0 Å². The summed E-state index contributed by atoms with van der Waals surface area (Å²) in [5.74, 6) is 0. The van der Waals surface area contributed by atoms with Crippen molar-refractivity contribution in [3.63, 3.8) is 0 Å². The van der Waals surface area contributed by atoms with Crippen LogP contribution in [0.3, 0.4) is 0 Å². The lowest BCUT2D eigenvalue weighted by atomic mass is 9.85. The maximum atomic E-state index is 2.36. The Morgan fingerprint density at radius 2 is 0.698 bits per heavy atom. The van der Waals surface area contributed by atoms with Crippen molar-refractivity contribution in [1.29, 1.82) is 0 Å². The minimum absolute atomic E-state index is 1.23. The van der Waals surface area contributed by atoms with Crippen LogP contribution in [0.1, 0.15) is 5.56 Å². The van der Waals surface area contributed by atoms with E-state index in [2.05, 4.69) is 171 Å². The van der Waals surface area contributed by atoms with E-state index in [-0.39, 0.29) is 0 Å². The van der Waals surface area contributed by atoms with E-state index in [1.807, 2.05) is 0 Å². The molecule has 8 aromatic rings. The Morgan fingerprint density at radius 3 is 1.30 bits per heavy atom. The van der Waals surface area contributed by atoms with Gasteiger partial charge in [-0.15, -0.1) is 0 Å². The predicted octanol–water partition coefficient (Wildman–Crippen LogP) is 12.1. The molecule has 0 atom stereocenters. The van der Waals surface area contributed by atoms with Crippen LogP contribution in [-0.4, -0.2) is 0 Å². The van der Waals surface area contributed by atoms with Crippen LogP contribution in [0.5, 0.6) is 0 Å². The lowest BCUT2D eigenvalue weighted by Gasteiger charge is -2.18. The summed E-state index contributed by atoms with van der Waals surface area (Å²) in [6.45, 7) is 2.17. The summed E-state index contributed by atoms with van der Waals surface area (Å²) in [6.07, 6.45) is 0. The molecule has 0 bridgehead atoms. The lowest BCUT2D eigenvalue weighted by molar-refractivity contribution is 1.47. The predicted molar refractivity (Wildman–Crippen MR) is 185 cm³/mol. The fourth-order valence-electron chi connectivity index (χ4n) is 6.64. The summed E-state index contributed by atoms with van der Waals surface area (Å²) in [7, 11) is 0. The molecule has 43 heavy (non-hydrogen) atoms. The Kier molecular flexibility index (Phi) is 6.12. The normalized spacial score (nSPS) is 11.4. The second-order valence-electron chi connectivity index (χ2n) is 11.4. The second-order valence-corrected chi connectivity index (χ2v) is 11.4. The van der Waals surface area contributed by atoms with Crippen molar-refractivity contribution >= 4 is 32.3 Å². The molecule has 0 spiro atoms. The molecule has 0 fully saturated rings. The second kappa shape index (κ2) is 10.4. The van der Waals surface area contributed by atoms with Crippen molar-refractivity contribution in [3.05, 3.63) is 169 Å². The first-order valence-corrected chi connectivity index (χ1v) is 14.9. The van der Waals surface area contributed by atoms with Crippen LogP contribution in [0.2, 0.25) is 0 Å². The number of hydrogen-bond acceptors (Lipinski definition) is 0. The standard InChI is InChI=1S/C43H30/c1-29-11-9-16-36(25-29)42-38-17-5-7-19-40(38)43(41-20-8-6-18-39(41)42)37-24-23-34-27-33(21-22-35(34)28-37)32-15-10-14-31(26-32)30-12-3-2-4-13-30/h2-28H,1H3. The van der Waals surface area contributed by atoms with Crippen LogP contribution in [0.15, 0.2) is 164 Å². The molecule has 0 unspecified atom stereocenters. The Balaban J connectivity index is 1.28. The van der Waals surface area contributed by atoms with Gasteiger partial charge in [-0.25, -0.2) is 0 Å². The van der Waals surface area contributed by atoms with E-state index in [9.17, 15) is 0 Å².